The lowest BCUT2D eigenvalue weighted by atomic mass is 9.84. The number of nitrogens with zero attached hydrogens (tertiary/aromatic N) is 2. The second-order valence-corrected chi connectivity index (χ2v) is 9.73. The fourth-order valence-corrected chi connectivity index (χ4v) is 5.18. The number of benzene rings is 2. The third-order valence-corrected chi connectivity index (χ3v) is 7.57. The zero-order chi connectivity index (χ0) is 23.3. The number of hydrogen-bond donors (Lipinski definition) is 2. The molecule has 2 aliphatic rings. The Morgan fingerprint density at radius 3 is 2.67 bits per heavy atom. The van der Waals surface area contributed by atoms with Crippen molar-refractivity contribution in [3.05, 3.63) is 76.0 Å². The number of fused-ring (bicyclic) bond motifs is 2. The normalized spacial score (nSPS) is 20.0. The lowest BCUT2D eigenvalue weighted by Gasteiger charge is -2.24. The Labute approximate surface area is 194 Å². The summed E-state index contributed by atoms with van der Waals surface area (Å²) in [7, 11) is 1.62. The fourth-order valence-electron chi connectivity index (χ4n) is 5.18. The van der Waals surface area contributed by atoms with E-state index in [4.69, 9.17) is 0 Å². The van der Waals surface area contributed by atoms with Gasteiger partial charge in [0.25, 0.3) is 11.8 Å². The Balaban J connectivity index is 1.39. The van der Waals surface area contributed by atoms with E-state index in [1.807, 2.05) is 36.1 Å². The van der Waals surface area contributed by atoms with Gasteiger partial charge >= 0.3 is 0 Å². The predicted molar refractivity (Wildman–Crippen MR) is 128 cm³/mol. The molecule has 3 aromatic rings. The first-order chi connectivity index (χ1) is 15.8. The molecule has 0 saturated carbocycles. The van der Waals surface area contributed by atoms with Crippen LogP contribution < -0.4 is 5.32 Å². The summed E-state index contributed by atoms with van der Waals surface area (Å²) in [5.74, 6) is -0.0688. The van der Waals surface area contributed by atoms with Crippen molar-refractivity contribution in [3.63, 3.8) is 0 Å². The van der Waals surface area contributed by atoms with Gasteiger partial charge in [-0.05, 0) is 60.6 Å². The molecule has 33 heavy (non-hydrogen) atoms. The molecule has 1 unspecified atom stereocenters. The standard InChI is InChI=1S/C27H30N4O2/c1-5-27(3)13-22-23(14-27)29-30-24(22)19-10-11-21-20(12-19)15-31(26(21)33)16(2)17-6-8-18(9-7-17)25(32)28-4/h6-12,16H,5,13-15H2,1-4H3,(H,28,32)(H,29,30)/t16?,27-/m1/s1. The van der Waals surface area contributed by atoms with Crippen LogP contribution in [-0.2, 0) is 19.4 Å². The molecule has 0 fully saturated rings. The van der Waals surface area contributed by atoms with Gasteiger partial charge in [-0.1, -0.05) is 38.5 Å². The minimum atomic E-state index is -0.115. The van der Waals surface area contributed by atoms with Crippen molar-refractivity contribution in [2.24, 2.45) is 5.41 Å². The van der Waals surface area contributed by atoms with Crippen molar-refractivity contribution >= 4 is 11.8 Å². The number of carbonyl (C=O) groups is 2. The second kappa shape index (κ2) is 7.87. The Morgan fingerprint density at radius 1 is 1.21 bits per heavy atom. The predicted octanol–water partition coefficient (Wildman–Crippen LogP) is 4.67. The number of H-pyrrole nitrogens is 1. The highest BCUT2D eigenvalue weighted by Gasteiger charge is 2.36. The highest BCUT2D eigenvalue weighted by molar-refractivity contribution is 5.99. The molecule has 6 heteroatoms. The third-order valence-electron chi connectivity index (χ3n) is 7.57. The Hall–Kier alpha value is -3.41. The number of aromatic nitrogens is 2. The molecule has 2 aromatic carbocycles. The van der Waals surface area contributed by atoms with E-state index in [0.717, 1.165) is 47.2 Å². The Morgan fingerprint density at radius 2 is 1.97 bits per heavy atom. The van der Waals surface area contributed by atoms with Crippen LogP contribution in [0.1, 0.15) is 76.3 Å². The van der Waals surface area contributed by atoms with Crippen LogP contribution in [0.2, 0.25) is 0 Å². The molecule has 1 aliphatic carbocycles. The van der Waals surface area contributed by atoms with Crippen LogP contribution in [0.15, 0.2) is 42.5 Å². The lowest BCUT2D eigenvalue weighted by Crippen LogP contribution is -2.27. The summed E-state index contributed by atoms with van der Waals surface area (Å²) in [5, 5.41) is 10.5. The molecule has 0 radical (unpaired) electrons. The van der Waals surface area contributed by atoms with Gasteiger partial charge < -0.3 is 10.2 Å². The molecule has 5 rings (SSSR count). The number of rotatable bonds is 5. The number of amides is 2. The minimum absolute atomic E-state index is 0.0465. The van der Waals surface area contributed by atoms with Gasteiger partial charge in [0, 0.05) is 41.5 Å². The van der Waals surface area contributed by atoms with Gasteiger partial charge in [0.2, 0.25) is 0 Å². The molecule has 170 valence electrons. The minimum Gasteiger partial charge on any atom is -0.355 e. The summed E-state index contributed by atoms with van der Waals surface area (Å²) < 4.78 is 0. The van der Waals surface area contributed by atoms with E-state index in [0.29, 0.717) is 17.5 Å². The maximum Gasteiger partial charge on any atom is 0.255 e. The zero-order valence-corrected chi connectivity index (χ0v) is 19.7. The molecular formula is C27H30N4O2. The summed E-state index contributed by atoms with van der Waals surface area (Å²) in [5.41, 5.74) is 8.39. The Bertz CT molecular complexity index is 1240. The first-order valence-electron chi connectivity index (χ1n) is 11.7. The molecule has 0 spiro atoms. The van der Waals surface area contributed by atoms with E-state index in [1.54, 1.807) is 19.2 Å². The first kappa shape index (κ1) is 21.4. The van der Waals surface area contributed by atoms with Crippen LogP contribution in [0, 0.1) is 5.41 Å². The zero-order valence-electron chi connectivity index (χ0n) is 19.7. The van der Waals surface area contributed by atoms with E-state index >= 15 is 0 Å². The van der Waals surface area contributed by atoms with E-state index in [-0.39, 0.29) is 17.9 Å². The van der Waals surface area contributed by atoms with Crippen molar-refractivity contribution in [1.82, 2.24) is 20.4 Å². The van der Waals surface area contributed by atoms with E-state index in [1.165, 1.54) is 11.3 Å². The summed E-state index contributed by atoms with van der Waals surface area (Å²) in [6.07, 6.45) is 3.22. The van der Waals surface area contributed by atoms with E-state index < -0.39 is 0 Å². The maximum atomic E-state index is 13.2. The monoisotopic (exact) mass is 442 g/mol. The topological polar surface area (TPSA) is 78.1 Å². The van der Waals surface area contributed by atoms with Gasteiger partial charge in [0.15, 0.2) is 0 Å². The molecule has 6 nitrogen and oxygen atoms in total. The van der Waals surface area contributed by atoms with Crippen molar-refractivity contribution in [2.75, 3.05) is 7.05 Å². The summed E-state index contributed by atoms with van der Waals surface area (Å²) >= 11 is 0. The molecule has 2 atom stereocenters. The highest BCUT2D eigenvalue weighted by atomic mass is 16.2. The quantitative estimate of drug-likeness (QED) is 0.603. The van der Waals surface area contributed by atoms with Crippen molar-refractivity contribution in [1.29, 1.82) is 0 Å². The van der Waals surface area contributed by atoms with Crippen molar-refractivity contribution in [3.8, 4) is 11.3 Å². The summed E-state index contributed by atoms with van der Waals surface area (Å²) in [6.45, 7) is 7.19. The van der Waals surface area contributed by atoms with Crippen LogP contribution in [0.4, 0.5) is 0 Å². The van der Waals surface area contributed by atoms with Crippen LogP contribution in [-0.4, -0.2) is 34.0 Å². The van der Waals surface area contributed by atoms with Gasteiger partial charge in [-0.25, -0.2) is 0 Å². The first-order valence-corrected chi connectivity index (χ1v) is 11.7. The molecular weight excluding hydrogens is 412 g/mol. The molecule has 0 saturated heterocycles. The third kappa shape index (κ3) is 3.54. The molecule has 1 aliphatic heterocycles. The van der Waals surface area contributed by atoms with Crippen molar-refractivity contribution in [2.45, 2.75) is 52.6 Å². The largest absolute Gasteiger partial charge is 0.355 e. The lowest BCUT2D eigenvalue weighted by molar-refractivity contribution is 0.0715. The van der Waals surface area contributed by atoms with Gasteiger partial charge in [-0.15, -0.1) is 0 Å². The van der Waals surface area contributed by atoms with Crippen molar-refractivity contribution < 1.29 is 9.59 Å². The van der Waals surface area contributed by atoms with Crippen LogP contribution in [0.25, 0.3) is 11.3 Å². The summed E-state index contributed by atoms with van der Waals surface area (Å²) in [4.78, 5) is 26.9. The molecule has 2 heterocycles. The number of carbonyl (C=O) groups excluding carboxylic acids is 2. The number of hydrogen-bond acceptors (Lipinski definition) is 3. The highest BCUT2D eigenvalue weighted by Crippen LogP contribution is 2.43. The van der Waals surface area contributed by atoms with E-state index in [9.17, 15) is 9.59 Å². The average molecular weight is 443 g/mol. The number of nitrogens with one attached hydrogen (secondary N) is 2. The van der Waals surface area contributed by atoms with Gasteiger partial charge in [-0.2, -0.15) is 5.10 Å². The van der Waals surface area contributed by atoms with Crippen LogP contribution in [0.3, 0.4) is 0 Å². The smallest absolute Gasteiger partial charge is 0.255 e. The maximum absolute atomic E-state index is 13.2. The Kier molecular flexibility index (Phi) is 5.11. The average Bonchev–Trinajstić information content (AvgIpc) is 3.48. The number of aromatic amines is 1. The second-order valence-electron chi connectivity index (χ2n) is 9.73. The van der Waals surface area contributed by atoms with E-state index in [2.05, 4.69) is 35.4 Å². The van der Waals surface area contributed by atoms with Crippen LogP contribution >= 0.6 is 0 Å². The molecule has 0 bridgehead atoms. The molecule has 2 amide bonds. The molecule has 1 aromatic heterocycles. The van der Waals surface area contributed by atoms with Crippen LogP contribution in [0.5, 0.6) is 0 Å². The van der Waals surface area contributed by atoms with Gasteiger partial charge in [0.05, 0.1) is 11.7 Å². The fraction of sp³-hybridized carbons (Fsp3) is 0.370. The molecule has 2 N–H and O–H groups in total. The summed E-state index contributed by atoms with van der Waals surface area (Å²) in [6, 6.07) is 13.5. The van der Waals surface area contributed by atoms with Gasteiger partial charge in [-0.3, -0.25) is 14.7 Å². The van der Waals surface area contributed by atoms with Gasteiger partial charge in [0.1, 0.15) is 0 Å². The SMILES string of the molecule is CC[C@@]1(C)Cc2[nH]nc(-c3ccc4c(c3)CN(C(C)c3ccc(C(=O)NC)cc3)C4=O)c2C1.